The van der Waals surface area contributed by atoms with E-state index in [1.54, 1.807) is 7.11 Å². The van der Waals surface area contributed by atoms with Crippen LogP contribution in [0.15, 0.2) is 0 Å². The third kappa shape index (κ3) is 3.58. The summed E-state index contributed by atoms with van der Waals surface area (Å²) in [5.41, 5.74) is 6.15. The Hall–Kier alpha value is -1.32. The quantitative estimate of drug-likeness (QED) is 0.836. The molecule has 0 radical (unpaired) electrons. The minimum absolute atomic E-state index is 0.318. The number of hydrogen-bond donors (Lipinski definition) is 1. The maximum Gasteiger partial charge on any atom is 0.157 e. The third-order valence-corrected chi connectivity index (χ3v) is 3.17. The molecule has 17 heavy (non-hydrogen) atoms. The highest BCUT2D eigenvalue weighted by Crippen LogP contribution is 2.30. The summed E-state index contributed by atoms with van der Waals surface area (Å²) in [6.45, 7) is 6.49. The van der Waals surface area contributed by atoms with Gasteiger partial charge in [-0.05, 0) is 17.5 Å². The predicted octanol–water partition coefficient (Wildman–Crippen LogP) is 1.71. The molecule has 1 aromatic rings. The van der Waals surface area contributed by atoms with Gasteiger partial charge < -0.3 is 15.4 Å². The number of nitrogens with zero attached hydrogens (tertiary/aromatic N) is 3. The van der Waals surface area contributed by atoms with Crippen molar-refractivity contribution in [3.8, 4) is 6.07 Å². The monoisotopic (exact) mass is 254 g/mol. The fraction of sp³-hybridized carbons (Fsp3) is 0.636. The van der Waals surface area contributed by atoms with E-state index in [4.69, 9.17) is 15.7 Å². The average molecular weight is 254 g/mol. The second-order valence-electron chi connectivity index (χ2n) is 4.19. The zero-order valence-corrected chi connectivity index (χ0v) is 11.3. The van der Waals surface area contributed by atoms with Crippen LogP contribution in [0.1, 0.15) is 19.4 Å². The molecule has 0 aliphatic carbocycles. The smallest absolute Gasteiger partial charge is 0.157 e. The Morgan fingerprint density at radius 1 is 1.59 bits per heavy atom. The third-order valence-electron chi connectivity index (χ3n) is 2.25. The molecule has 6 heteroatoms. The van der Waals surface area contributed by atoms with Crippen molar-refractivity contribution in [2.75, 3.05) is 37.4 Å². The number of rotatable bonds is 6. The van der Waals surface area contributed by atoms with Gasteiger partial charge in [0.1, 0.15) is 16.6 Å². The van der Waals surface area contributed by atoms with Crippen LogP contribution in [0, 0.1) is 17.2 Å². The van der Waals surface area contributed by atoms with Crippen LogP contribution in [0.2, 0.25) is 0 Å². The second-order valence-corrected chi connectivity index (χ2v) is 4.94. The molecule has 0 saturated carbocycles. The molecule has 5 nitrogen and oxygen atoms in total. The van der Waals surface area contributed by atoms with Crippen molar-refractivity contribution in [2.45, 2.75) is 13.8 Å². The molecule has 1 aromatic heterocycles. The molecule has 0 atom stereocenters. The summed E-state index contributed by atoms with van der Waals surface area (Å²) >= 11 is 1.27. The number of methoxy groups -OCH3 is 1. The molecule has 0 bridgehead atoms. The Morgan fingerprint density at radius 2 is 2.29 bits per heavy atom. The highest BCUT2D eigenvalue weighted by atomic mass is 32.1. The van der Waals surface area contributed by atoms with E-state index in [1.165, 1.54) is 11.5 Å². The van der Waals surface area contributed by atoms with Crippen molar-refractivity contribution in [3.63, 3.8) is 0 Å². The Balaban J connectivity index is 2.91. The number of anilines is 2. The molecule has 94 valence electrons. The maximum absolute atomic E-state index is 9.08. The number of nitrogens with two attached hydrogens (primary N) is 1. The van der Waals surface area contributed by atoms with E-state index < -0.39 is 0 Å². The predicted molar refractivity (Wildman–Crippen MR) is 70.2 cm³/mol. The number of ether oxygens (including phenoxy) is 1. The molecular weight excluding hydrogens is 236 g/mol. The molecule has 1 heterocycles. The van der Waals surface area contributed by atoms with Gasteiger partial charge in [-0.25, -0.2) is 0 Å². The van der Waals surface area contributed by atoms with Crippen molar-refractivity contribution in [3.05, 3.63) is 5.56 Å². The summed E-state index contributed by atoms with van der Waals surface area (Å²) in [6.07, 6.45) is 0. The highest BCUT2D eigenvalue weighted by molar-refractivity contribution is 7.10. The zero-order valence-electron chi connectivity index (χ0n) is 10.4. The molecule has 0 fully saturated rings. The van der Waals surface area contributed by atoms with E-state index in [9.17, 15) is 0 Å². The average Bonchev–Trinajstić information content (AvgIpc) is 2.65. The van der Waals surface area contributed by atoms with E-state index in [0.717, 1.165) is 18.1 Å². The van der Waals surface area contributed by atoms with Crippen molar-refractivity contribution >= 4 is 22.4 Å². The lowest BCUT2D eigenvalue weighted by molar-refractivity contribution is 0.204. The molecule has 0 aliphatic rings. The fourth-order valence-electron chi connectivity index (χ4n) is 1.53. The molecule has 0 amide bonds. The lowest BCUT2D eigenvalue weighted by Gasteiger charge is -2.24. The van der Waals surface area contributed by atoms with E-state index in [0.29, 0.717) is 23.9 Å². The van der Waals surface area contributed by atoms with Crippen LogP contribution < -0.4 is 10.6 Å². The van der Waals surface area contributed by atoms with Gasteiger partial charge in [-0.1, -0.05) is 13.8 Å². The Morgan fingerprint density at radius 3 is 2.82 bits per heavy atom. The maximum atomic E-state index is 9.08. The van der Waals surface area contributed by atoms with Crippen LogP contribution in [0.5, 0.6) is 0 Å². The number of hydrogen-bond acceptors (Lipinski definition) is 6. The second kappa shape index (κ2) is 6.42. The van der Waals surface area contributed by atoms with Crippen LogP contribution in [0.3, 0.4) is 0 Å². The Kier molecular flexibility index (Phi) is 5.19. The number of nitriles is 1. The van der Waals surface area contributed by atoms with Crippen LogP contribution >= 0.6 is 11.5 Å². The summed E-state index contributed by atoms with van der Waals surface area (Å²) in [6, 6.07) is 2.11. The molecular formula is C11H18N4OS. The summed E-state index contributed by atoms with van der Waals surface area (Å²) in [5.74, 6) is 0.820. The van der Waals surface area contributed by atoms with Gasteiger partial charge in [0.25, 0.3) is 0 Å². The normalized spacial score (nSPS) is 10.5. The van der Waals surface area contributed by atoms with E-state index in [2.05, 4.69) is 29.2 Å². The molecule has 0 saturated heterocycles. The first kappa shape index (κ1) is 13.7. The van der Waals surface area contributed by atoms with Gasteiger partial charge in [0.15, 0.2) is 5.82 Å². The van der Waals surface area contributed by atoms with Gasteiger partial charge >= 0.3 is 0 Å². The van der Waals surface area contributed by atoms with Gasteiger partial charge in [0.2, 0.25) is 0 Å². The van der Waals surface area contributed by atoms with Crippen LogP contribution in [-0.2, 0) is 4.74 Å². The van der Waals surface area contributed by atoms with Gasteiger partial charge in [0.05, 0.1) is 6.61 Å². The molecule has 0 aliphatic heterocycles. The van der Waals surface area contributed by atoms with Crippen molar-refractivity contribution in [1.29, 1.82) is 5.26 Å². The van der Waals surface area contributed by atoms with Crippen molar-refractivity contribution < 1.29 is 4.74 Å². The summed E-state index contributed by atoms with van der Waals surface area (Å²) in [4.78, 5) is 2.11. The first-order valence-electron chi connectivity index (χ1n) is 5.49. The summed E-state index contributed by atoms with van der Waals surface area (Å²) < 4.78 is 9.12. The minimum atomic E-state index is 0.318. The molecule has 0 spiro atoms. The Bertz CT molecular complexity index is 397. The standard InChI is InChI=1S/C11H18N4OS/c1-8(2)7-15(4-5-16-3)11-9(6-12)10(13)14-17-11/h8H,4-5,7H2,1-3H3,(H2,13,14). The lowest BCUT2D eigenvalue weighted by Crippen LogP contribution is -2.30. The lowest BCUT2D eigenvalue weighted by atomic mass is 10.2. The highest BCUT2D eigenvalue weighted by Gasteiger charge is 2.18. The van der Waals surface area contributed by atoms with Gasteiger partial charge in [0, 0.05) is 20.2 Å². The van der Waals surface area contributed by atoms with Crippen molar-refractivity contribution in [2.24, 2.45) is 5.92 Å². The van der Waals surface area contributed by atoms with Gasteiger partial charge in [-0.15, -0.1) is 0 Å². The topological polar surface area (TPSA) is 75.2 Å². The van der Waals surface area contributed by atoms with Gasteiger partial charge in [-0.2, -0.15) is 9.64 Å². The van der Waals surface area contributed by atoms with Crippen LogP contribution in [0.4, 0.5) is 10.8 Å². The Labute approximate surface area is 106 Å². The zero-order chi connectivity index (χ0) is 12.8. The van der Waals surface area contributed by atoms with Crippen molar-refractivity contribution in [1.82, 2.24) is 4.37 Å². The number of aromatic nitrogens is 1. The minimum Gasteiger partial charge on any atom is -0.383 e. The molecule has 2 N–H and O–H groups in total. The summed E-state index contributed by atoms with van der Waals surface area (Å²) in [5, 5.41) is 9.92. The van der Waals surface area contributed by atoms with Crippen LogP contribution in [0.25, 0.3) is 0 Å². The first-order chi connectivity index (χ1) is 8.10. The van der Waals surface area contributed by atoms with Gasteiger partial charge in [-0.3, -0.25) is 0 Å². The first-order valence-corrected chi connectivity index (χ1v) is 6.26. The summed E-state index contributed by atoms with van der Waals surface area (Å²) in [7, 11) is 1.67. The molecule has 0 unspecified atom stereocenters. The largest absolute Gasteiger partial charge is 0.383 e. The fourth-order valence-corrected chi connectivity index (χ4v) is 2.33. The van der Waals surface area contributed by atoms with E-state index >= 15 is 0 Å². The SMILES string of the molecule is COCCN(CC(C)C)c1snc(N)c1C#N. The molecule has 0 aromatic carbocycles. The number of nitrogen functional groups attached to an aromatic ring is 1. The van der Waals surface area contributed by atoms with E-state index in [1.807, 2.05) is 0 Å². The molecule has 1 rings (SSSR count). The van der Waals surface area contributed by atoms with E-state index in [-0.39, 0.29) is 0 Å². The van der Waals surface area contributed by atoms with Crippen LogP contribution in [-0.4, -0.2) is 31.2 Å².